The van der Waals surface area contributed by atoms with Crippen LogP contribution in [0.25, 0.3) is 10.8 Å². The summed E-state index contributed by atoms with van der Waals surface area (Å²) in [6.07, 6.45) is 0.628. The summed E-state index contributed by atoms with van der Waals surface area (Å²) < 4.78 is 4.62. The van der Waals surface area contributed by atoms with E-state index in [0.717, 1.165) is 10.8 Å². The van der Waals surface area contributed by atoms with Gasteiger partial charge in [0.1, 0.15) is 0 Å². The van der Waals surface area contributed by atoms with Crippen LogP contribution in [0.3, 0.4) is 0 Å². The highest BCUT2D eigenvalue weighted by Gasteiger charge is 2.15. The third-order valence-corrected chi connectivity index (χ3v) is 3.35. The molecule has 2 rings (SSSR count). The molecule has 0 radical (unpaired) electrons. The SMILES string of the molecule is COC(=O)C[C@@H](C)CC(=O)c1ccc2ccccc2c1. The molecule has 0 saturated carbocycles. The molecule has 0 aromatic heterocycles. The maximum atomic E-state index is 12.2. The minimum atomic E-state index is -0.274. The van der Waals surface area contributed by atoms with Gasteiger partial charge >= 0.3 is 5.97 Å². The molecule has 0 aliphatic rings. The first kappa shape index (κ1) is 14.3. The van der Waals surface area contributed by atoms with Gasteiger partial charge in [0.15, 0.2) is 5.78 Å². The Hall–Kier alpha value is -2.16. The second-order valence-corrected chi connectivity index (χ2v) is 5.07. The lowest BCUT2D eigenvalue weighted by molar-refractivity contribution is -0.141. The molecule has 104 valence electrons. The van der Waals surface area contributed by atoms with Crippen LogP contribution in [0.1, 0.15) is 30.1 Å². The van der Waals surface area contributed by atoms with Gasteiger partial charge in [-0.2, -0.15) is 0 Å². The Morgan fingerprint density at radius 2 is 1.75 bits per heavy atom. The molecule has 1 atom stereocenters. The summed E-state index contributed by atoms with van der Waals surface area (Å²) in [5.74, 6) is -0.225. The molecular weight excluding hydrogens is 252 g/mol. The molecule has 0 N–H and O–H groups in total. The minimum Gasteiger partial charge on any atom is -0.469 e. The van der Waals surface area contributed by atoms with Gasteiger partial charge in [-0.25, -0.2) is 0 Å². The highest BCUT2D eigenvalue weighted by Crippen LogP contribution is 2.19. The van der Waals surface area contributed by atoms with E-state index < -0.39 is 0 Å². The predicted octanol–water partition coefficient (Wildman–Crippen LogP) is 3.61. The van der Waals surface area contributed by atoms with Crippen LogP contribution in [0.4, 0.5) is 0 Å². The first-order chi connectivity index (χ1) is 9.60. The predicted molar refractivity (Wildman–Crippen MR) is 78.7 cm³/mol. The van der Waals surface area contributed by atoms with Crippen molar-refractivity contribution in [3.05, 3.63) is 48.0 Å². The zero-order valence-corrected chi connectivity index (χ0v) is 11.8. The highest BCUT2D eigenvalue weighted by molar-refractivity contribution is 6.00. The second kappa shape index (κ2) is 6.33. The van der Waals surface area contributed by atoms with Gasteiger partial charge in [0, 0.05) is 18.4 Å². The Bertz CT molecular complexity index is 631. The zero-order chi connectivity index (χ0) is 14.5. The van der Waals surface area contributed by atoms with Crippen LogP contribution in [0.15, 0.2) is 42.5 Å². The molecule has 2 aromatic carbocycles. The fourth-order valence-corrected chi connectivity index (χ4v) is 2.24. The average Bonchev–Trinajstić information content (AvgIpc) is 2.46. The minimum absolute atomic E-state index is 0.0126. The van der Waals surface area contributed by atoms with Crippen LogP contribution in [-0.2, 0) is 9.53 Å². The Morgan fingerprint density at radius 1 is 1.05 bits per heavy atom. The van der Waals surface area contributed by atoms with E-state index in [9.17, 15) is 9.59 Å². The number of hydrogen-bond donors (Lipinski definition) is 0. The summed E-state index contributed by atoms with van der Waals surface area (Å²) in [5, 5.41) is 2.17. The smallest absolute Gasteiger partial charge is 0.305 e. The van der Waals surface area contributed by atoms with Crippen LogP contribution in [0.5, 0.6) is 0 Å². The van der Waals surface area contributed by atoms with Crippen LogP contribution in [-0.4, -0.2) is 18.9 Å². The molecule has 0 bridgehead atoms. The van der Waals surface area contributed by atoms with Crippen LogP contribution in [0.2, 0.25) is 0 Å². The number of methoxy groups -OCH3 is 1. The standard InChI is InChI=1S/C17H18O3/c1-12(10-17(19)20-2)9-16(18)15-8-7-13-5-3-4-6-14(13)11-15/h3-8,11-12H,9-10H2,1-2H3/t12-/m0/s1. The Kier molecular flexibility index (Phi) is 4.51. The molecule has 0 fully saturated rings. The van der Waals surface area contributed by atoms with E-state index in [2.05, 4.69) is 4.74 Å². The van der Waals surface area contributed by atoms with E-state index in [4.69, 9.17) is 0 Å². The van der Waals surface area contributed by atoms with E-state index in [1.54, 1.807) is 0 Å². The Labute approximate surface area is 118 Å². The lowest BCUT2D eigenvalue weighted by atomic mass is 9.96. The molecule has 0 amide bonds. The quantitative estimate of drug-likeness (QED) is 0.615. The van der Waals surface area contributed by atoms with Crippen LogP contribution >= 0.6 is 0 Å². The van der Waals surface area contributed by atoms with Gasteiger partial charge in [0.25, 0.3) is 0 Å². The van der Waals surface area contributed by atoms with Gasteiger partial charge in [-0.15, -0.1) is 0 Å². The van der Waals surface area contributed by atoms with Crippen LogP contribution < -0.4 is 0 Å². The molecule has 0 aliphatic heterocycles. The average molecular weight is 270 g/mol. The van der Waals surface area contributed by atoms with Gasteiger partial charge in [-0.3, -0.25) is 9.59 Å². The van der Waals surface area contributed by atoms with Crippen molar-refractivity contribution >= 4 is 22.5 Å². The molecule has 2 aromatic rings. The third kappa shape index (κ3) is 3.44. The van der Waals surface area contributed by atoms with Gasteiger partial charge < -0.3 is 4.74 Å². The van der Waals surface area contributed by atoms with E-state index in [1.807, 2.05) is 49.4 Å². The van der Waals surface area contributed by atoms with Crippen molar-refractivity contribution in [3.8, 4) is 0 Å². The molecule has 3 nitrogen and oxygen atoms in total. The Balaban J connectivity index is 2.09. The molecule has 3 heteroatoms. The molecule has 0 saturated heterocycles. The van der Waals surface area contributed by atoms with Crippen molar-refractivity contribution in [1.82, 2.24) is 0 Å². The van der Waals surface area contributed by atoms with Crippen molar-refractivity contribution in [3.63, 3.8) is 0 Å². The van der Waals surface area contributed by atoms with Gasteiger partial charge in [-0.1, -0.05) is 43.3 Å². The first-order valence-electron chi connectivity index (χ1n) is 6.69. The second-order valence-electron chi connectivity index (χ2n) is 5.07. The number of Topliss-reactive ketones (excluding diaryl/α,β-unsaturated/α-hetero) is 1. The maximum Gasteiger partial charge on any atom is 0.305 e. The molecular formula is C17H18O3. The van der Waals surface area contributed by atoms with Crippen molar-refractivity contribution in [1.29, 1.82) is 0 Å². The monoisotopic (exact) mass is 270 g/mol. The number of ether oxygens (including phenoxy) is 1. The molecule has 20 heavy (non-hydrogen) atoms. The van der Waals surface area contributed by atoms with Crippen molar-refractivity contribution < 1.29 is 14.3 Å². The maximum absolute atomic E-state index is 12.2. The van der Waals surface area contributed by atoms with Gasteiger partial charge in [0.2, 0.25) is 0 Å². The third-order valence-electron chi connectivity index (χ3n) is 3.35. The van der Waals surface area contributed by atoms with Gasteiger partial charge in [0.05, 0.1) is 7.11 Å². The fourth-order valence-electron chi connectivity index (χ4n) is 2.24. The number of rotatable bonds is 5. The number of hydrogen-bond acceptors (Lipinski definition) is 3. The number of ketones is 1. The summed E-state index contributed by atoms with van der Waals surface area (Å²) >= 11 is 0. The summed E-state index contributed by atoms with van der Waals surface area (Å²) in [6.45, 7) is 1.88. The highest BCUT2D eigenvalue weighted by atomic mass is 16.5. The van der Waals surface area contributed by atoms with Crippen molar-refractivity contribution in [2.75, 3.05) is 7.11 Å². The van der Waals surface area contributed by atoms with E-state index in [-0.39, 0.29) is 24.1 Å². The van der Waals surface area contributed by atoms with Gasteiger partial charge in [-0.05, 0) is 22.8 Å². The Morgan fingerprint density at radius 3 is 2.45 bits per heavy atom. The topological polar surface area (TPSA) is 43.4 Å². The number of esters is 1. The zero-order valence-electron chi connectivity index (χ0n) is 11.8. The normalized spacial score (nSPS) is 12.1. The van der Waals surface area contributed by atoms with Crippen molar-refractivity contribution in [2.24, 2.45) is 5.92 Å². The number of fused-ring (bicyclic) bond motifs is 1. The summed E-state index contributed by atoms with van der Waals surface area (Å²) in [5.41, 5.74) is 0.695. The molecule has 0 spiro atoms. The molecule has 0 aliphatic carbocycles. The fraction of sp³-hybridized carbons (Fsp3) is 0.294. The van der Waals surface area contributed by atoms with Crippen LogP contribution in [0, 0.1) is 5.92 Å². The number of carbonyl (C=O) groups excluding carboxylic acids is 2. The summed E-state index contributed by atoms with van der Waals surface area (Å²) in [7, 11) is 1.36. The van der Waals surface area contributed by atoms with E-state index in [1.165, 1.54) is 7.11 Å². The largest absolute Gasteiger partial charge is 0.469 e. The summed E-state index contributed by atoms with van der Waals surface area (Å²) in [6, 6.07) is 13.6. The molecule has 0 unspecified atom stereocenters. The molecule has 0 heterocycles. The van der Waals surface area contributed by atoms with E-state index >= 15 is 0 Å². The van der Waals surface area contributed by atoms with E-state index in [0.29, 0.717) is 12.0 Å². The number of carbonyl (C=O) groups is 2. The lowest BCUT2D eigenvalue weighted by Gasteiger charge is -2.09. The first-order valence-corrected chi connectivity index (χ1v) is 6.69. The summed E-state index contributed by atoms with van der Waals surface area (Å²) in [4.78, 5) is 23.4. The lowest BCUT2D eigenvalue weighted by Crippen LogP contribution is -2.11. The number of benzene rings is 2. The van der Waals surface area contributed by atoms with Crippen molar-refractivity contribution in [2.45, 2.75) is 19.8 Å².